The van der Waals surface area contributed by atoms with E-state index in [9.17, 15) is 0 Å². The lowest BCUT2D eigenvalue weighted by Crippen LogP contribution is -2.31. The van der Waals surface area contributed by atoms with Crippen molar-refractivity contribution in [2.45, 2.75) is 98.8 Å². The van der Waals surface area contributed by atoms with Crippen LogP contribution in [0.2, 0.25) is 0 Å². The van der Waals surface area contributed by atoms with E-state index in [0.29, 0.717) is 5.41 Å². The smallest absolute Gasteiger partial charge is 0.0226 e. The van der Waals surface area contributed by atoms with Crippen LogP contribution in [0.1, 0.15) is 98.8 Å². The molecule has 0 aromatic heterocycles. The average Bonchev–Trinajstić information content (AvgIpc) is 3.38. The molecule has 0 aromatic rings. The van der Waals surface area contributed by atoms with E-state index in [1.54, 1.807) is 12.8 Å². The Morgan fingerprint density at radius 3 is 2.46 bits per heavy atom. The Morgan fingerprint density at radius 1 is 1.00 bits per heavy atom. The first-order chi connectivity index (χ1) is 11.5. The largest absolute Gasteiger partial charge is 0.0654 e. The van der Waals surface area contributed by atoms with Crippen molar-refractivity contribution in [3.05, 3.63) is 0 Å². The van der Waals surface area contributed by atoms with Crippen LogP contribution in [0.4, 0.5) is 0 Å². The van der Waals surface area contributed by atoms with Crippen LogP contribution in [0.25, 0.3) is 0 Å². The Morgan fingerprint density at radius 2 is 1.79 bits per heavy atom. The van der Waals surface area contributed by atoms with E-state index < -0.39 is 0 Å². The summed E-state index contributed by atoms with van der Waals surface area (Å²) in [4.78, 5) is 0. The zero-order valence-electron chi connectivity index (χ0n) is 17.1. The van der Waals surface area contributed by atoms with Gasteiger partial charge in [-0.05, 0) is 77.9 Å². The zero-order chi connectivity index (χ0) is 17.1. The van der Waals surface area contributed by atoms with Crippen molar-refractivity contribution in [2.75, 3.05) is 0 Å². The van der Waals surface area contributed by atoms with Crippen molar-refractivity contribution >= 4 is 0 Å². The summed E-state index contributed by atoms with van der Waals surface area (Å²) >= 11 is 0. The normalized spacial score (nSPS) is 47.9. The lowest BCUT2D eigenvalue weighted by Gasteiger charge is -2.39. The van der Waals surface area contributed by atoms with E-state index in [1.165, 1.54) is 63.2 Å². The van der Waals surface area contributed by atoms with Crippen molar-refractivity contribution < 1.29 is 0 Å². The van der Waals surface area contributed by atoms with Crippen molar-refractivity contribution in [1.29, 1.82) is 0 Å². The van der Waals surface area contributed by atoms with Gasteiger partial charge >= 0.3 is 0 Å². The van der Waals surface area contributed by atoms with Gasteiger partial charge in [0.25, 0.3) is 0 Å². The minimum atomic E-state index is 0.668. The maximum atomic E-state index is 2.74. The van der Waals surface area contributed by atoms with Gasteiger partial charge in [-0.3, -0.25) is 0 Å². The fourth-order valence-electron chi connectivity index (χ4n) is 8.32. The summed E-state index contributed by atoms with van der Waals surface area (Å²) in [5, 5.41) is 0. The maximum Gasteiger partial charge on any atom is -0.0226 e. The number of rotatable bonds is 10. The van der Waals surface area contributed by atoms with Crippen molar-refractivity contribution in [2.24, 2.45) is 52.3 Å². The Bertz CT molecular complexity index is 467. The predicted molar refractivity (Wildman–Crippen MR) is 104 cm³/mol. The lowest BCUT2D eigenvalue weighted by atomic mass is 9.65. The second kappa shape index (κ2) is 6.02. The topological polar surface area (TPSA) is 0 Å². The van der Waals surface area contributed by atoms with E-state index in [2.05, 4.69) is 34.6 Å². The summed E-state index contributed by atoms with van der Waals surface area (Å²) in [6.07, 6.45) is 14.9. The summed E-state index contributed by atoms with van der Waals surface area (Å²) in [5.41, 5.74) is 1.56. The number of unbranched alkanes of at least 4 members (excludes halogenated alkanes) is 2. The molecule has 4 saturated carbocycles. The molecule has 0 radical (unpaired) electrons. The fraction of sp³-hybridized carbons (Fsp3) is 1.00. The molecule has 9 atom stereocenters. The fourth-order valence-corrected chi connectivity index (χ4v) is 8.32. The third-order valence-electron chi connectivity index (χ3n) is 9.33. The van der Waals surface area contributed by atoms with Gasteiger partial charge in [-0.1, -0.05) is 73.1 Å². The van der Waals surface area contributed by atoms with Gasteiger partial charge in [0, 0.05) is 0 Å². The van der Waals surface area contributed by atoms with E-state index in [0.717, 1.165) is 35.0 Å². The molecule has 9 unspecified atom stereocenters. The molecule has 0 N–H and O–H groups in total. The van der Waals surface area contributed by atoms with Crippen LogP contribution < -0.4 is 0 Å². The van der Waals surface area contributed by atoms with E-state index in [4.69, 9.17) is 0 Å². The van der Waals surface area contributed by atoms with Crippen LogP contribution in [0, 0.1) is 52.3 Å². The molecule has 0 aromatic carbocycles. The van der Waals surface area contributed by atoms with E-state index >= 15 is 0 Å². The monoisotopic (exact) mass is 330 g/mol. The molecular formula is C24H42. The molecule has 0 bridgehead atoms. The van der Waals surface area contributed by atoms with Gasteiger partial charge < -0.3 is 0 Å². The standard InChI is InChI=1S/C24H42/c1-6-8-9-12-23(5,13-11-16(3)10-7-2)21-18-15-24(18)14-17(4)19-20(21)22(19)24/h16-22H,6-15H2,1-5H3. The van der Waals surface area contributed by atoms with Gasteiger partial charge in [0.05, 0.1) is 0 Å². The van der Waals surface area contributed by atoms with Crippen molar-refractivity contribution in [1.82, 2.24) is 0 Å². The van der Waals surface area contributed by atoms with Crippen molar-refractivity contribution in [3.8, 4) is 0 Å². The second-order valence-corrected chi connectivity index (χ2v) is 11.0. The van der Waals surface area contributed by atoms with E-state index in [1.807, 2.05) is 0 Å². The highest BCUT2D eigenvalue weighted by atomic mass is 14.9. The van der Waals surface area contributed by atoms with Gasteiger partial charge in [-0.15, -0.1) is 0 Å². The zero-order valence-corrected chi connectivity index (χ0v) is 17.1. The first kappa shape index (κ1) is 17.4. The second-order valence-electron chi connectivity index (χ2n) is 11.0. The summed E-state index contributed by atoms with van der Waals surface area (Å²) in [6, 6.07) is 0. The van der Waals surface area contributed by atoms with Crippen LogP contribution in [0.3, 0.4) is 0 Å². The third-order valence-corrected chi connectivity index (χ3v) is 9.33. The molecule has 4 aliphatic carbocycles. The van der Waals surface area contributed by atoms with Crippen molar-refractivity contribution in [3.63, 3.8) is 0 Å². The highest BCUT2D eigenvalue weighted by Gasteiger charge is 2.86. The Kier molecular flexibility index (Phi) is 4.37. The highest BCUT2D eigenvalue weighted by molar-refractivity contribution is 5.33. The summed E-state index contributed by atoms with van der Waals surface area (Å²) in [7, 11) is 0. The van der Waals surface area contributed by atoms with Crippen LogP contribution in [0.5, 0.6) is 0 Å². The molecule has 4 aliphatic rings. The molecule has 0 heterocycles. The summed E-state index contributed by atoms with van der Waals surface area (Å²) < 4.78 is 0. The van der Waals surface area contributed by atoms with Gasteiger partial charge in [0.2, 0.25) is 0 Å². The molecule has 0 aliphatic heterocycles. The molecule has 1 spiro atoms. The molecule has 0 heteroatoms. The molecule has 0 nitrogen and oxygen atoms in total. The summed E-state index contributed by atoms with van der Waals surface area (Å²) in [5.74, 6) is 7.80. The van der Waals surface area contributed by atoms with Crippen LogP contribution in [-0.4, -0.2) is 0 Å². The number of fused-ring (bicyclic) bond motifs is 1. The van der Waals surface area contributed by atoms with Crippen LogP contribution in [-0.2, 0) is 0 Å². The highest BCUT2D eigenvalue weighted by Crippen LogP contribution is 2.91. The molecule has 138 valence electrons. The SMILES string of the molecule is CCCCCC(C)(CCC(C)CCC)C1C2C3C(C)CC4(CC14)C32. The Hall–Kier alpha value is 0. The Labute approximate surface area is 151 Å². The average molecular weight is 331 g/mol. The summed E-state index contributed by atoms with van der Waals surface area (Å²) in [6.45, 7) is 12.6. The Balaban J connectivity index is 1.47. The molecule has 24 heavy (non-hydrogen) atoms. The quantitative estimate of drug-likeness (QED) is 0.368. The lowest BCUT2D eigenvalue weighted by molar-refractivity contribution is 0.0983. The van der Waals surface area contributed by atoms with Crippen LogP contribution >= 0.6 is 0 Å². The molecule has 0 amide bonds. The molecule has 0 saturated heterocycles. The van der Waals surface area contributed by atoms with Gasteiger partial charge in [-0.25, -0.2) is 0 Å². The first-order valence-electron chi connectivity index (χ1n) is 11.5. The number of hydrogen-bond donors (Lipinski definition) is 0. The first-order valence-corrected chi connectivity index (χ1v) is 11.5. The minimum Gasteiger partial charge on any atom is -0.0654 e. The number of hydrogen-bond acceptors (Lipinski definition) is 0. The molecular weight excluding hydrogens is 288 g/mol. The van der Waals surface area contributed by atoms with Crippen LogP contribution in [0.15, 0.2) is 0 Å². The van der Waals surface area contributed by atoms with Gasteiger partial charge in [0.15, 0.2) is 0 Å². The van der Waals surface area contributed by atoms with E-state index in [-0.39, 0.29) is 0 Å². The minimum absolute atomic E-state index is 0.668. The van der Waals surface area contributed by atoms with Gasteiger partial charge in [-0.2, -0.15) is 0 Å². The third kappa shape index (κ3) is 2.44. The van der Waals surface area contributed by atoms with Gasteiger partial charge in [0.1, 0.15) is 0 Å². The predicted octanol–water partition coefficient (Wildman–Crippen LogP) is 7.33. The maximum absolute atomic E-state index is 2.74. The molecule has 4 rings (SSSR count). The molecule has 4 fully saturated rings.